The van der Waals surface area contributed by atoms with Crippen LogP contribution in [0.15, 0.2) is 54.6 Å². The Morgan fingerprint density at radius 1 is 0.850 bits per heavy atom. The molecule has 2 aromatic carbocycles. The summed E-state index contributed by atoms with van der Waals surface area (Å²) in [5.41, 5.74) is 2.59. The Bertz CT molecular complexity index is 479. The summed E-state index contributed by atoms with van der Waals surface area (Å²) in [7, 11) is 0. The minimum absolute atomic E-state index is 0.808. The lowest BCUT2D eigenvalue weighted by Crippen LogP contribution is -2.12. The van der Waals surface area contributed by atoms with Crippen molar-refractivity contribution in [2.45, 2.75) is 32.9 Å². The van der Waals surface area contributed by atoms with Gasteiger partial charge >= 0.3 is 0 Å². The average molecular weight is 269 g/mol. The van der Waals surface area contributed by atoms with Crippen molar-refractivity contribution in [1.82, 2.24) is 5.32 Å². The van der Waals surface area contributed by atoms with Gasteiger partial charge in [-0.1, -0.05) is 55.8 Å². The lowest BCUT2D eigenvalue weighted by molar-refractivity contribution is 0.309. The van der Waals surface area contributed by atoms with Gasteiger partial charge in [0.25, 0.3) is 0 Å². The Kier molecular flexibility index (Phi) is 6.12. The molecule has 106 valence electrons. The van der Waals surface area contributed by atoms with E-state index in [0.717, 1.165) is 31.9 Å². The third-order valence-corrected chi connectivity index (χ3v) is 3.19. The largest absolute Gasteiger partial charge is 0.494 e. The molecule has 0 saturated carbocycles. The molecule has 0 fully saturated rings. The maximum atomic E-state index is 5.65. The van der Waals surface area contributed by atoms with E-state index in [1.807, 2.05) is 6.07 Å². The van der Waals surface area contributed by atoms with E-state index in [4.69, 9.17) is 4.74 Å². The lowest BCUT2D eigenvalue weighted by Gasteiger charge is -2.08. The van der Waals surface area contributed by atoms with Gasteiger partial charge in [0.05, 0.1) is 6.61 Å². The number of hydrogen-bond donors (Lipinski definition) is 1. The van der Waals surface area contributed by atoms with Gasteiger partial charge in [0, 0.05) is 13.1 Å². The zero-order valence-electron chi connectivity index (χ0n) is 12.1. The van der Waals surface area contributed by atoms with E-state index in [1.54, 1.807) is 0 Å². The monoisotopic (exact) mass is 269 g/mol. The van der Waals surface area contributed by atoms with Gasteiger partial charge in [-0.05, 0) is 29.7 Å². The van der Waals surface area contributed by atoms with Gasteiger partial charge in [0.15, 0.2) is 0 Å². The fraction of sp³-hybridized carbons (Fsp3) is 0.333. The van der Waals surface area contributed by atoms with Gasteiger partial charge in [0.1, 0.15) is 5.75 Å². The molecule has 0 unspecified atom stereocenters. The second-order valence-corrected chi connectivity index (χ2v) is 4.94. The van der Waals surface area contributed by atoms with Crippen LogP contribution < -0.4 is 10.1 Å². The number of rotatable bonds is 8. The quantitative estimate of drug-likeness (QED) is 0.727. The van der Waals surface area contributed by atoms with Crippen molar-refractivity contribution in [3.63, 3.8) is 0 Å². The summed E-state index contributed by atoms with van der Waals surface area (Å²) in [6.07, 6.45) is 2.28. The number of nitrogens with one attached hydrogen (secondary N) is 1. The highest BCUT2D eigenvalue weighted by Gasteiger charge is 1.96. The van der Waals surface area contributed by atoms with Gasteiger partial charge in [0.2, 0.25) is 0 Å². The Hall–Kier alpha value is -1.80. The first-order valence-electron chi connectivity index (χ1n) is 7.35. The highest BCUT2D eigenvalue weighted by atomic mass is 16.5. The van der Waals surface area contributed by atoms with E-state index >= 15 is 0 Å². The molecule has 0 saturated heterocycles. The molecular formula is C18H23NO. The Morgan fingerprint density at radius 2 is 1.50 bits per heavy atom. The zero-order chi connectivity index (χ0) is 14.0. The molecule has 0 heterocycles. The van der Waals surface area contributed by atoms with Crippen LogP contribution in [0.2, 0.25) is 0 Å². The van der Waals surface area contributed by atoms with Gasteiger partial charge in [-0.3, -0.25) is 0 Å². The Labute approximate surface area is 121 Å². The van der Waals surface area contributed by atoms with Crippen LogP contribution in [0.1, 0.15) is 30.9 Å². The van der Waals surface area contributed by atoms with Crippen LogP contribution >= 0.6 is 0 Å². The normalized spacial score (nSPS) is 10.4. The van der Waals surface area contributed by atoms with Gasteiger partial charge in [-0.25, -0.2) is 0 Å². The Balaban J connectivity index is 1.73. The molecule has 0 aromatic heterocycles. The van der Waals surface area contributed by atoms with Crippen LogP contribution in [0.25, 0.3) is 0 Å². The van der Waals surface area contributed by atoms with Crippen molar-refractivity contribution < 1.29 is 4.74 Å². The van der Waals surface area contributed by atoms with E-state index < -0.39 is 0 Å². The first-order chi connectivity index (χ1) is 9.88. The maximum absolute atomic E-state index is 5.65. The van der Waals surface area contributed by atoms with Gasteiger partial charge in [-0.2, -0.15) is 0 Å². The molecule has 0 bridgehead atoms. The SMILES string of the molecule is CCCCOc1ccc(CNCc2ccccc2)cc1. The Morgan fingerprint density at radius 3 is 2.15 bits per heavy atom. The molecule has 0 radical (unpaired) electrons. The highest BCUT2D eigenvalue weighted by Crippen LogP contribution is 2.12. The summed E-state index contributed by atoms with van der Waals surface area (Å²) >= 11 is 0. The van der Waals surface area contributed by atoms with Crippen molar-refractivity contribution in [3.8, 4) is 5.75 Å². The predicted molar refractivity (Wildman–Crippen MR) is 83.8 cm³/mol. The maximum Gasteiger partial charge on any atom is 0.119 e. The molecule has 0 amide bonds. The fourth-order valence-corrected chi connectivity index (χ4v) is 1.98. The second-order valence-electron chi connectivity index (χ2n) is 4.94. The molecule has 2 rings (SSSR count). The van der Waals surface area contributed by atoms with Crippen LogP contribution in [-0.4, -0.2) is 6.61 Å². The summed E-state index contributed by atoms with van der Waals surface area (Å²) in [5, 5.41) is 3.45. The van der Waals surface area contributed by atoms with Crippen molar-refractivity contribution in [3.05, 3.63) is 65.7 Å². The van der Waals surface area contributed by atoms with E-state index in [-0.39, 0.29) is 0 Å². The summed E-state index contributed by atoms with van der Waals surface area (Å²) in [6, 6.07) is 18.8. The molecule has 0 aliphatic heterocycles. The minimum atomic E-state index is 0.808. The first-order valence-corrected chi connectivity index (χ1v) is 7.35. The van der Waals surface area contributed by atoms with Gasteiger partial charge in [-0.15, -0.1) is 0 Å². The standard InChI is InChI=1S/C18H23NO/c1-2-3-13-20-18-11-9-17(10-12-18)15-19-14-16-7-5-4-6-8-16/h4-12,19H,2-3,13-15H2,1H3. The number of benzene rings is 2. The third-order valence-electron chi connectivity index (χ3n) is 3.19. The molecule has 2 aromatic rings. The molecule has 0 aliphatic rings. The molecule has 2 heteroatoms. The molecule has 0 aliphatic carbocycles. The van der Waals surface area contributed by atoms with Crippen molar-refractivity contribution >= 4 is 0 Å². The molecule has 0 atom stereocenters. The van der Waals surface area contributed by atoms with Crippen molar-refractivity contribution in [2.75, 3.05) is 6.61 Å². The topological polar surface area (TPSA) is 21.3 Å². The van der Waals surface area contributed by atoms with Crippen LogP contribution in [0.4, 0.5) is 0 Å². The fourth-order valence-electron chi connectivity index (χ4n) is 1.98. The van der Waals surface area contributed by atoms with E-state index in [2.05, 4.69) is 60.8 Å². The predicted octanol–water partition coefficient (Wildman–Crippen LogP) is 4.16. The summed E-state index contributed by atoms with van der Waals surface area (Å²) in [5.74, 6) is 0.963. The van der Waals surface area contributed by atoms with Crippen LogP contribution in [0.5, 0.6) is 5.75 Å². The minimum Gasteiger partial charge on any atom is -0.494 e. The lowest BCUT2D eigenvalue weighted by atomic mass is 10.2. The van der Waals surface area contributed by atoms with Crippen LogP contribution in [0.3, 0.4) is 0 Å². The van der Waals surface area contributed by atoms with E-state index in [0.29, 0.717) is 0 Å². The first kappa shape index (κ1) is 14.6. The van der Waals surface area contributed by atoms with Crippen molar-refractivity contribution in [1.29, 1.82) is 0 Å². The van der Waals surface area contributed by atoms with E-state index in [9.17, 15) is 0 Å². The highest BCUT2D eigenvalue weighted by molar-refractivity contribution is 5.27. The molecule has 1 N–H and O–H groups in total. The average Bonchev–Trinajstić information content (AvgIpc) is 2.50. The summed E-state index contributed by atoms with van der Waals surface area (Å²) in [6.45, 7) is 4.76. The molecule has 0 spiro atoms. The number of unbranched alkanes of at least 4 members (excludes halogenated alkanes) is 1. The third kappa shape index (κ3) is 5.06. The van der Waals surface area contributed by atoms with E-state index in [1.165, 1.54) is 17.5 Å². The zero-order valence-corrected chi connectivity index (χ0v) is 12.1. The summed E-state index contributed by atoms with van der Waals surface area (Å²) in [4.78, 5) is 0. The van der Waals surface area contributed by atoms with Crippen LogP contribution in [-0.2, 0) is 13.1 Å². The second kappa shape index (κ2) is 8.39. The smallest absolute Gasteiger partial charge is 0.119 e. The number of ether oxygens (including phenoxy) is 1. The van der Waals surface area contributed by atoms with Crippen LogP contribution in [0, 0.1) is 0 Å². The molecule has 2 nitrogen and oxygen atoms in total. The molecular weight excluding hydrogens is 246 g/mol. The molecule has 20 heavy (non-hydrogen) atoms. The van der Waals surface area contributed by atoms with Gasteiger partial charge < -0.3 is 10.1 Å². The summed E-state index contributed by atoms with van der Waals surface area (Å²) < 4.78 is 5.65. The number of hydrogen-bond acceptors (Lipinski definition) is 2. The van der Waals surface area contributed by atoms with Crippen molar-refractivity contribution in [2.24, 2.45) is 0 Å².